The van der Waals surface area contributed by atoms with Crippen LogP contribution in [0.3, 0.4) is 0 Å². The molecule has 0 amide bonds. The van der Waals surface area contributed by atoms with Crippen molar-refractivity contribution in [1.82, 2.24) is 5.32 Å². The van der Waals surface area contributed by atoms with Crippen LogP contribution in [-0.2, 0) is 0 Å². The lowest BCUT2D eigenvalue weighted by atomic mass is 9.95. The molecule has 96 valence electrons. The van der Waals surface area contributed by atoms with E-state index in [2.05, 4.69) is 12.2 Å². The van der Waals surface area contributed by atoms with Crippen molar-refractivity contribution in [2.24, 2.45) is 0 Å². The summed E-state index contributed by atoms with van der Waals surface area (Å²) >= 11 is 6.29. The van der Waals surface area contributed by atoms with Crippen molar-refractivity contribution in [2.75, 3.05) is 7.05 Å². The highest BCUT2D eigenvalue weighted by Crippen LogP contribution is 2.34. The minimum atomic E-state index is 0.0659. The lowest BCUT2D eigenvalue weighted by Crippen LogP contribution is -2.19. The van der Waals surface area contributed by atoms with Crippen molar-refractivity contribution in [2.45, 2.75) is 26.8 Å². The van der Waals surface area contributed by atoms with Crippen molar-refractivity contribution in [1.29, 1.82) is 0 Å². The monoisotopic (exact) mass is 263 g/mol. The molecule has 3 heteroatoms. The summed E-state index contributed by atoms with van der Waals surface area (Å²) in [5, 5.41) is 4.10. The molecule has 0 aliphatic carbocycles. The SMILES string of the molecule is CNC(c1ccccc1Cl)c1c(C)oc(C)c1C. The molecule has 1 aromatic heterocycles. The molecule has 2 nitrogen and oxygen atoms in total. The van der Waals surface area contributed by atoms with Crippen molar-refractivity contribution in [3.63, 3.8) is 0 Å². The number of aryl methyl sites for hydroxylation is 2. The van der Waals surface area contributed by atoms with Crippen LogP contribution in [0.5, 0.6) is 0 Å². The van der Waals surface area contributed by atoms with Gasteiger partial charge in [0.15, 0.2) is 0 Å². The highest BCUT2D eigenvalue weighted by atomic mass is 35.5. The van der Waals surface area contributed by atoms with Gasteiger partial charge in [0, 0.05) is 10.6 Å². The maximum absolute atomic E-state index is 6.29. The number of halogens is 1. The standard InChI is InChI=1S/C15H18ClNO/c1-9-10(2)18-11(3)14(9)15(17-4)12-7-5-6-8-13(12)16/h5-8,15,17H,1-4H3. The normalized spacial score (nSPS) is 12.7. The Morgan fingerprint density at radius 1 is 1.11 bits per heavy atom. The smallest absolute Gasteiger partial charge is 0.106 e. The topological polar surface area (TPSA) is 25.2 Å². The second kappa shape index (κ2) is 5.17. The van der Waals surface area contributed by atoms with Gasteiger partial charge in [0.05, 0.1) is 6.04 Å². The average Bonchev–Trinajstić information content (AvgIpc) is 2.59. The zero-order valence-corrected chi connectivity index (χ0v) is 11.9. The summed E-state index contributed by atoms with van der Waals surface area (Å²) in [4.78, 5) is 0. The first-order valence-corrected chi connectivity index (χ1v) is 6.42. The molecular weight excluding hydrogens is 246 g/mol. The van der Waals surface area contributed by atoms with Gasteiger partial charge in [0.25, 0.3) is 0 Å². The van der Waals surface area contributed by atoms with Crippen LogP contribution in [0, 0.1) is 20.8 Å². The van der Waals surface area contributed by atoms with E-state index in [1.165, 1.54) is 11.1 Å². The number of hydrogen-bond acceptors (Lipinski definition) is 2. The Bertz CT molecular complexity index is 560. The summed E-state index contributed by atoms with van der Waals surface area (Å²) in [5.41, 5.74) is 3.45. The minimum Gasteiger partial charge on any atom is -0.466 e. The Kier molecular flexibility index (Phi) is 3.79. The number of furan rings is 1. The number of hydrogen-bond donors (Lipinski definition) is 1. The molecule has 0 saturated carbocycles. The van der Waals surface area contributed by atoms with Gasteiger partial charge in [0.2, 0.25) is 0 Å². The maximum Gasteiger partial charge on any atom is 0.106 e. The minimum absolute atomic E-state index is 0.0659. The van der Waals surface area contributed by atoms with Crippen LogP contribution in [-0.4, -0.2) is 7.05 Å². The van der Waals surface area contributed by atoms with Crippen molar-refractivity contribution < 1.29 is 4.42 Å². The van der Waals surface area contributed by atoms with Gasteiger partial charge in [-0.25, -0.2) is 0 Å². The molecular formula is C15H18ClNO. The predicted octanol–water partition coefficient (Wildman–Crippen LogP) is 4.17. The molecule has 1 N–H and O–H groups in total. The molecule has 18 heavy (non-hydrogen) atoms. The Morgan fingerprint density at radius 2 is 1.78 bits per heavy atom. The van der Waals surface area contributed by atoms with Crippen LogP contribution in [0.4, 0.5) is 0 Å². The van der Waals surface area contributed by atoms with E-state index in [-0.39, 0.29) is 6.04 Å². The first-order valence-electron chi connectivity index (χ1n) is 6.04. The van der Waals surface area contributed by atoms with Crippen LogP contribution in [0.15, 0.2) is 28.7 Å². The van der Waals surface area contributed by atoms with E-state index in [9.17, 15) is 0 Å². The Morgan fingerprint density at radius 3 is 2.28 bits per heavy atom. The van der Waals surface area contributed by atoms with Crippen LogP contribution in [0.1, 0.15) is 34.3 Å². The van der Waals surface area contributed by atoms with Gasteiger partial charge >= 0.3 is 0 Å². The fourth-order valence-electron chi connectivity index (χ4n) is 2.40. The molecule has 0 fully saturated rings. The first-order chi connectivity index (χ1) is 8.56. The molecule has 0 bridgehead atoms. The zero-order valence-electron chi connectivity index (χ0n) is 11.2. The molecule has 1 unspecified atom stereocenters. The molecule has 1 atom stereocenters. The highest BCUT2D eigenvalue weighted by molar-refractivity contribution is 6.31. The molecule has 1 heterocycles. The van der Waals surface area contributed by atoms with Crippen LogP contribution in [0.2, 0.25) is 5.02 Å². The molecule has 0 saturated heterocycles. The van der Waals surface area contributed by atoms with E-state index in [0.29, 0.717) is 0 Å². The van der Waals surface area contributed by atoms with Crippen molar-refractivity contribution >= 4 is 11.6 Å². The summed E-state index contributed by atoms with van der Waals surface area (Å²) < 4.78 is 5.71. The Balaban J connectivity index is 2.56. The maximum atomic E-state index is 6.29. The fraction of sp³-hybridized carbons (Fsp3) is 0.333. The lowest BCUT2D eigenvalue weighted by molar-refractivity contribution is 0.496. The van der Waals surface area contributed by atoms with E-state index in [0.717, 1.165) is 22.1 Å². The van der Waals surface area contributed by atoms with Crippen molar-refractivity contribution in [3.8, 4) is 0 Å². The fourth-order valence-corrected chi connectivity index (χ4v) is 2.64. The molecule has 0 spiro atoms. The molecule has 0 aliphatic heterocycles. The second-order valence-electron chi connectivity index (χ2n) is 4.50. The summed E-state index contributed by atoms with van der Waals surface area (Å²) in [6.45, 7) is 6.07. The Labute approximate surface area is 113 Å². The van der Waals surface area contributed by atoms with E-state index >= 15 is 0 Å². The molecule has 2 rings (SSSR count). The molecule has 0 aliphatic rings. The lowest BCUT2D eigenvalue weighted by Gasteiger charge is -2.18. The van der Waals surface area contributed by atoms with Gasteiger partial charge in [0.1, 0.15) is 11.5 Å². The summed E-state index contributed by atoms with van der Waals surface area (Å²) in [6, 6.07) is 7.97. The third-order valence-corrected chi connectivity index (χ3v) is 3.76. The van der Waals surface area contributed by atoms with Crippen molar-refractivity contribution in [3.05, 3.63) is 57.5 Å². The van der Waals surface area contributed by atoms with Gasteiger partial charge in [-0.1, -0.05) is 29.8 Å². The molecule has 2 aromatic rings. The number of nitrogens with one attached hydrogen (secondary N) is 1. The second-order valence-corrected chi connectivity index (χ2v) is 4.90. The quantitative estimate of drug-likeness (QED) is 0.899. The Hall–Kier alpha value is -1.25. The third kappa shape index (κ3) is 2.18. The summed E-state index contributed by atoms with van der Waals surface area (Å²) in [5.74, 6) is 1.92. The molecule has 1 aromatic carbocycles. The van der Waals surface area contributed by atoms with E-state index in [1.807, 2.05) is 45.2 Å². The zero-order chi connectivity index (χ0) is 13.3. The highest BCUT2D eigenvalue weighted by Gasteiger charge is 2.22. The van der Waals surface area contributed by atoms with Gasteiger partial charge in [-0.05, 0) is 45.0 Å². The van der Waals surface area contributed by atoms with Gasteiger partial charge in [-0.15, -0.1) is 0 Å². The van der Waals surface area contributed by atoms with Crippen LogP contribution >= 0.6 is 11.6 Å². The van der Waals surface area contributed by atoms with Crippen LogP contribution < -0.4 is 5.32 Å². The predicted molar refractivity (Wildman–Crippen MR) is 75.3 cm³/mol. The van der Waals surface area contributed by atoms with Crippen LogP contribution in [0.25, 0.3) is 0 Å². The van der Waals surface area contributed by atoms with Gasteiger partial charge < -0.3 is 9.73 Å². The first kappa shape index (κ1) is 13.2. The average molecular weight is 264 g/mol. The summed E-state index contributed by atoms with van der Waals surface area (Å²) in [7, 11) is 1.94. The van der Waals surface area contributed by atoms with E-state index < -0.39 is 0 Å². The number of rotatable bonds is 3. The number of benzene rings is 1. The van der Waals surface area contributed by atoms with E-state index in [4.69, 9.17) is 16.0 Å². The third-order valence-electron chi connectivity index (χ3n) is 3.41. The van der Waals surface area contributed by atoms with Gasteiger partial charge in [-0.3, -0.25) is 0 Å². The van der Waals surface area contributed by atoms with Gasteiger partial charge in [-0.2, -0.15) is 0 Å². The summed E-state index contributed by atoms with van der Waals surface area (Å²) in [6.07, 6.45) is 0. The molecule has 0 radical (unpaired) electrons. The largest absolute Gasteiger partial charge is 0.466 e. The van der Waals surface area contributed by atoms with E-state index in [1.54, 1.807) is 0 Å².